The Morgan fingerprint density at radius 2 is 2.07 bits per heavy atom. The van der Waals surface area contributed by atoms with Crippen molar-refractivity contribution >= 4 is 17.7 Å². The van der Waals surface area contributed by atoms with Crippen LogP contribution >= 0.6 is 11.8 Å². The number of hydrogen-bond acceptors (Lipinski definition) is 8. The van der Waals surface area contributed by atoms with Crippen molar-refractivity contribution in [3.05, 3.63) is 42.2 Å². The minimum atomic E-state index is 0.0309. The SMILES string of the molecule is Nn1c(SCC(=O)N2CCC[C@H]2c2ccc3c(c2)OCCO3)nnc1-c1ccco1. The van der Waals surface area contributed by atoms with Crippen molar-refractivity contribution in [3.8, 4) is 23.1 Å². The molecule has 0 aliphatic carbocycles. The molecule has 30 heavy (non-hydrogen) atoms. The van der Waals surface area contributed by atoms with Gasteiger partial charge in [-0.3, -0.25) is 4.79 Å². The van der Waals surface area contributed by atoms with Gasteiger partial charge in [-0.05, 0) is 42.7 Å². The standard InChI is InChI=1S/C20H21N5O4S/c21-25-19(16-4-2-8-27-16)22-23-20(25)30-12-18(26)24-7-1-3-14(24)13-5-6-15-17(11-13)29-10-9-28-15/h2,4-6,8,11,14H,1,3,7,9-10,12,21H2/t14-/m0/s1. The van der Waals surface area contributed by atoms with E-state index in [1.54, 1.807) is 18.4 Å². The van der Waals surface area contributed by atoms with Gasteiger partial charge in [0, 0.05) is 6.54 Å². The van der Waals surface area contributed by atoms with Crippen LogP contribution in [0.15, 0.2) is 46.2 Å². The Kier molecular flexibility index (Phi) is 4.99. The average molecular weight is 427 g/mol. The lowest BCUT2D eigenvalue weighted by Crippen LogP contribution is -2.32. The van der Waals surface area contributed by atoms with Crippen LogP contribution in [0.5, 0.6) is 11.5 Å². The van der Waals surface area contributed by atoms with E-state index in [0.717, 1.165) is 36.4 Å². The summed E-state index contributed by atoms with van der Waals surface area (Å²) in [5, 5.41) is 8.61. The molecule has 0 unspecified atom stereocenters. The molecular weight excluding hydrogens is 406 g/mol. The number of furan rings is 1. The summed E-state index contributed by atoms with van der Waals surface area (Å²) in [5.74, 6) is 8.80. The molecule has 3 aromatic rings. The molecule has 0 radical (unpaired) electrons. The van der Waals surface area contributed by atoms with E-state index in [0.29, 0.717) is 30.0 Å². The van der Waals surface area contributed by atoms with E-state index >= 15 is 0 Å². The molecule has 2 aliphatic heterocycles. The van der Waals surface area contributed by atoms with Gasteiger partial charge in [0.05, 0.1) is 18.1 Å². The molecule has 0 spiro atoms. The number of nitrogens with two attached hydrogens (primary N) is 1. The number of nitrogen functional groups attached to an aromatic ring is 1. The molecule has 0 bridgehead atoms. The topological polar surface area (TPSA) is 109 Å². The van der Waals surface area contributed by atoms with E-state index in [9.17, 15) is 4.79 Å². The number of amides is 1. The number of likely N-dealkylation sites (tertiary alicyclic amines) is 1. The lowest BCUT2D eigenvalue weighted by atomic mass is 10.0. The second-order valence-corrected chi connectivity index (χ2v) is 8.03. The average Bonchev–Trinajstić information content (AvgIpc) is 3.53. The van der Waals surface area contributed by atoms with Gasteiger partial charge in [-0.2, -0.15) is 0 Å². The Morgan fingerprint density at radius 1 is 1.20 bits per heavy atom. The van der Waals surface area contributed by atoms with Crippen LogP contribution in [-0.4, -0.2) is 51.2 Å². The third-order valence-corrected chi connectivity index (χ3v) is 6.18. The second kappa shape index (κ2) is 7.94. The minimum Gasteiger partial charge on any atom is -0.486 e. The first-order valence-electron chi connectivity index (χ1n) is 9.77. The number of carbonyl (C=O) groups excluding carboxylic acids is 1. The molecule has 1 atom stereocenters. The number of ether oxygens (including phenoxy) is 2. The van der Waals surface area contributed by atoms with E-state index < -0.39 is 0 Å². The molecule has 4 heterocycles. The van der Waals surface area contributed by atoms with Crippen LogP contribution in [0.25, 0.3) is 11.6 Å². The number of nitrogens with zero attached hydrogens (tertiary/aromatic N) is 4. The normalized spacial score (nSPS) is 18.0. The Hall–Kier alpha value is -3.14. The summed E-state index contributed by atoms with van der Waals surface area (Å²) in [5.41, 5.74) is 1.07. The van der Waals surface area contributed by atoms with Crippen LogP contribution in [0, 0.1) is 0 Å². The van der Waals surface area contributed by atoms with E-state index in [2.05, 4.69) is 10.2 Å². The first-order chi connectivity index (χ1) is 14.7. The van der Waals surface area contributed by atoms with E-state index in [-0.39, 0.29) is 17.7 Å². The van der Waals surface area contributed by atoms with Crippen LogP contribution in [0.3, 0.4) is 0 Å². The number of thioether (sulfide) groups is 1. The first kappa shape index (κ1) is 18.9. The monoisotopic (exact) mass is 427 g/mol. The maximum absolute atomic E-state index is 13.0. The van der Waals surface area contributed by atoms with Crippen molar-refractivity contribution in [1.29, 1.82) is 0 Å². The zero-order valence-corrected chi connectivity index (χ0v) is 17.0. The molecule has 1 amide bonds. The molecule has 156 valence electrons. The Labute approximate surface area is 177 Å². The van der Waals surface area contributed by atoms with Crippen molar-refractivity contribution in [1.82, 2.24) is 19.8 Å². The number of aromatic nitrogens is 3. The number of benzene rings is 1. The van der Waals surface area contributed by atoms with Crippen molar-refractivity contribution in [2.24, 2.45) is 0 Å². The fourth-order valence-corrected chi connectivity index (χ4v) is 4.58. The summed E-state index contributed by atoms with van der Waals surface area (Å²) in [6.07, 6.45) is 3.43. The molecule has 10 heteroatoms. The second-order valence-electron chi connectivity index (χ2n) is 7.09. The number of hydrogen-bond donors (Lipinski definition) is 1. The number of fused-ring (bicyclic) bond motifs is 1. The highest BCUT2D eigenvalue weighted by atomic mass is 32.2. The van der Waals surface area contributed by atoms with Crippen molar-refractivity contribution in [3.63, 3.8) is 0 Å². The molecule has 2 N–H and O–H groups in total. The molecule has 2 aliphatic rings. The van der Waals surface area contributed by atoms with Gasteiger partial charge < -0.3 is 24.6 Å². The molecular formula is C20H21N5O4S. The summed E-state index contributed by atoms with van der Waals surface area (Å²) >= 11 is 1.27. The maximum atomic E-state index is 13.0. The molecule has 0 saturated carbocycles. The van der Waals surface area contributed by atoms with E-state index in [4.69, 9.17) is 19.7 Å². The van der Waals surface area contributed by atoms with Gasteiger partial charge in [-0.1, -0.05) is 17.8 Å². The summed E-state index contributed by atoms with van der Waals surface area (Å²) in [4.78, 5) is 14.9. The predicted octanol–water partition coefficient (Wildman–Crippen LogP) is 2.48. The van der Waals surface area contributed by atoms with Gasteiger partial charge in [0.15, 0.2) is 17.3 Å². The summed E-state index contributed by atoms with van der Waals surface area (Å²) in [6, 6.07) is 9.48. The van der Waals surface area contributed by atoms with Gasteiger partial charge in [-0.15, -0.1) is 10.2 Å². The van der Waals surface area contributed by atoms with Crippen molar-refractivity contribution < 1.29 is 18.7 Å². The Bertz CT molecular complexity index is 1050. The highest BCUT2D eigenvalue weighted by molar-refractivity contribution is 7.99. The van der Waals surface area contributed by atoms with Crippen LogP contribution in [0.1, 0.15) is 24.4 Å². The zero-order valence-electron chi connectivity index (χ0n) is 16.2. The zero-order chi connectivity index (χ0) is 20.5. The van der Waals surface area contributed by atoms with E-state index in [1.807, 2.05) is 23.1 Å². The lowest BCUT2D eigenvalue weighted by molar-refractivity contribution is -0.129. The third-order valence-electron chi connectivity index (χ3n) is 5.25. The summed E-state index contributed by atoms with van der Waals surface area (Å²) < 4.78 is 18.0. The quantitative estimate of drug-likeness (QED) is 0.489. The highest BCUT2D eigenvalue weighted by Gasteiger charge is 2.31. The van der Waals surface area contributed by atoms with Crippen LogP contribution in [0.2, 0.25) is 0 Å². The Balaban J connectivity index is 1.27. The summed E-state index contributed by atoms with van der Waals surface area (Å²) in [6.45, 7) is 1.83. The lowest BCUT2D eigenvalue weighted by Gasteiger charge is -2.26. The predicted molar refractivity (Wildman–Crippen MR) is 110 cm³/mol. The van der Waals surface area contributed by atoms with Gasteiger partial charge >= 0.3 is 0 Å². The van der Waals surface area contributed by atoms with Gasteiger partial charge in [-0.25, -0.2) is 4.68 Å². The van der Waals surface area contributed by atoms with Crippen molar-refractivity contribution in [2.75, 3.05) is 31.4 Å². The molecule has 1 fully saturated rings. The fourth-order valence-electron chi connectivity index (χ4n) is 3.84. The van der Waals surface area contributed by atoms with Gasteiger partial charge in [0.1, 0.15) is 13.2 Å². The third kappa shape index (κ3) is 3.47. The van der Waals surface area contributed by atoms with Crippen LogP contribution in [-0.2, 0) is 4.79 Å². The van der Waals surface area contributed by atoms with Crippen LogP contribution < -0.4 is 15.3 Å². The number of carbonyl (C=O) groups is 1. The van der Waals surface area contributed by atoms with Gasteiger partial charge in [0.2, 0.25) is 16.9 Å². The Morgan fingerprint density at radius 3 is 2.90 bits per heavy atom. The van der Waals surface area contributed by atoms with Gasteiger partial charge in [0.25, 0.3) is 0 Å². The minimum absolute atomic E-state index is 0.0309. The summed E-state index contributed by atoms with van der Waals surface area (Å²) in [7, 11) is 0. The number of rotatable bonds is 5. The molecule has 5 rings (SSSR count). The first-order valence-corrected chi connectivity index (χ1v) is 10.8. The molecule has 9 nitrogen and oxygen atoms in total. The molecule has 1 saturated heterocycles. The smallest absolute Gasteiger partial charge is 0.233 e. The maximum Gasteiger partial charge on any atom is 0.233 e. The largest absolute Gasteiger partial charge is 0.486 e. The van der Waals surface area contributed by atoms with E-state index in [1.165, 1.54) is 16.4 Å². The highest BCUT2D eigenvalue weighted by Crippen LogP contribution is 2.38. The molecule has 1 aromatic carbocycles. The fraction of sp³-hybridized carbons (Fsp3) is 0.350. The molecule has 2 aromatic heterocycles. The van der Waals surface area contributed by atoms with Crippen LogP contribution in [0.4, 0.5) is 0 Å². The van der Waals surface area contributed by atoms with Crippen molar-refractivity contribution in [2.45, 2.75) is 24.0 Å².